The third-order valence-electron chi connectivity index (χ3n) is 3.24. The van der Waals surface area contributed by atoms with E-state index in [-0.39, 0.29) is 0 Å². The van der Waals surface area contributed by atoms with Crippen LogP contribution in [0.25, 0.3) is 11.1 Å². The van der Waals surface area contributed by atoms with Crippen molar-refractivity contribution < 1.29 is 0 Å². The molecule has 1 fully saturated rings. The molecule has 0 radical (unpaired) electrons. The molecule has 1 saturated heterocycles. The van der Waals surface area contributed by atoms with Crippen molar-refractivity contribution in [3.63, 3.8) is 0 Å². The van der Waals surface area contributed by atoms with Crippen LogP contribution < -0.4 is 5.32 Å². The minimum atomic E-state index is 0.588. The van der Waals surface area contributed by atoms with E-state index in [2.05, 4.69) is 59.9 Å². The Kier molecular flexibility index (Phi) is 2.47. The van der Waals surface area contributed by atoms with Crippen LogP contribution in [0.2, 0.25) is 0 Å². The lowest BCUT2D eigenvalue weighted by Crippen LogP contribution is -2.34. The monoisotopic (exact) mass is 209 g/mol. The van der Waals surface area contributed by atoms with Gasteiger partial charge in [0.1, 0.15) is 0 Å². The molecule has 1 N–H and O–H groups in total. The first-order valence-corrected chi connectivity index (χ1v) is 5.82. The summed E-state index contributed by atoms with van der Waals surface area (Å²) in [5, 5.41) is 3.42. The summed E-state index contributed by atoms with van der Waals surface area (Å²) in [6, 6.07) is 20.0. The van der Waals surface area contributed by atoms with Gasteiger partial charge in [-0.15, -0.1) is 0 Å². The molecule has 1 heteroatoms. The lowest BCUT2D eigenvalue weighted by Gasteiger charge is -2.28. The van der Waals surface area contributed by atoms with Crippen LogP contribution >= 0.6 is 0 Å². The zero-order chi connectivity index (χ0) is 10.8. The van der Waals surface area contributed by atoms with Gasteiger partial charge < -0.3 is 5.32 Å². The molecular formula is C15H15N. The zero-order valence-corrected chi connectivity index (χ0v) is 9.19. The summed E-state index contributed by atoms with van der Waals surface area (Å²) < 4.78 is 0. The van der Waals surface area contributed by atoms with Gasteiger partial charge in [0.2, 0.25) is 0 Å². The highest BCUT2D eigenvalue weighted by Gasteiger charge is 2.17. The molecule has 1 aliphatic heterocycles. The maximum absolute atomic E-state index is 3.42. The first kappa shape index (κ1) is 9.61. The quantitative estimate of drug-likeness (QED) is 0.799. The SMILES string of the molecule is c1ccc(-c2ccc(C3CCN3)cc2)cc1. The Hall–Kier alpha value is -1.60. The predicted octanol–water partition coefficient (Wildman–Crippen LogP) is 3.39. The van der Waals surface area contributed by atoms with Crippen molar-refractivity contribution in [3.8, 4) is 11.1 Å². The van der Waals surface area contributed by atoms with Gasteiger partial charge >= 0.3 is 0 Å². The number of hydrogen-bond acceptors (Lipinski definition) is 1. The minimum Gasteiger partial charge on any atom is -0.310 e. The Bertz CT molecular complexity index is 455. The number of nitrogens with one attached hydrogen (secondary N) is 1. The van der Waals surface area contributed by atoms with Gasteiger partial charge in [-0.2, -0.15) is 0 Å². The fourth-order valence-electron chi connectivity index (χ4n) is 2.11. The van der Waals surface area contributed by atoms with Crippen LogP contribution in [0, 0.1) is 0 Å². The van der Waals surface area contributed by atoms with Crippen LogP contribution in [0.15, 0.2) is 54.6 Å². The fraction of sp³-hybridized carbons (Fsp3) is 0.200. The largest absolute Gasteiger partial charge is 0.310 e. The van der Waals surface area contributed by atoms with Crippen LogP contribution in [0.5, 0.6) is 0 Å². The molecule has 2 aromatic rings. The zero-order valence-electron chi connectivity index (χ0n) is 9.19. The second-order valence-corrected chi connectivity index (χ2v) is 4.28. The summed E-state index contributed by atoms with van der Waals surface area (Å²) in [6.45, 7) is 1.16. The van der Waals surface area contributed by atoms with Gasteiger partial charge in [0, 0.05) is 6.04 Å². The maximum atomic E-state index is 3.42. The molecule has 0 spiro atoms. The van der Waals surface area contributed by atoms with E-state index in [0.29, 0.717) is 6.04 Å². The Morgan fingerprint density at radius 1 is 0.812 bits per heavy atom. The number of hydrogen-bond donors (Lipinski definition) is 1. The third kappa shape index (κ3) is 1.74. The Labute approximate surface area is 96.1 Å². The molecule has 0 amide bonds. The van der Waals surface area contributed by atoms with Crippen molar-refractivity contribution >= 4 is 0 Å². The van der Waals surface area contributed by atoms with Crippen molar-refractivity contribution in [2.45, 2.75) is 12.5 Å². The van der Waals surface area contributed by atoms with Crippen LogP contribution in [0.4, 0.5) is 0 Å². The van der Waals surface area contributed by atoms with Crippen LogP contribution in [0.1, 0.15) is 18.0 Å². The van der Waals surface area contributed by atoms with Gasteiger partial charge in [-0.1, -0.05) is 54.6 Å². The molecule has 1 heterocycles. The molecule has 0 aromatic heterocycles. The summed E-state index contributed by atoms with van der Waals surface area (Å²) in [6.07, 6.45) is 1.27. The average Bonchev–Trinajstić information content (AvgIpc) is 2.29. The van der Waals surface area contributed by atoms with Crippen molar-refractivity contribution in [1.29, 1.82) is 0 Å². The summed E-state index contributed by atoms with van der Waals surface area (Å²) in [5.41, 5.74) is 3.99. The highest BCUT2D eigenvalue weighted by molar-refractivity contribution is 5.63. The normalized spacial score (nSPS) is 19.1. The molecule has 0 bridgehead atoms. The van der Waals surface area contributed by atoms with E-state index in [1.54, 1.807) is 0 Å². The molecule has 2 aromatic carbocycles. The summed E-state index contributed by atoms with van der Waals surface area (Å²) in [4.78, 5) is 0. The van der Waals surface area contributed by atoms with E-state index in [0.717, 1.165) is 6.54 Å². The molecule has 0 aliphatic carbocycles. The lowest BCUT2D eigenvalue weighted by atomic mass is 9.95. The smallest absolute Gasteiger partial charge is 0.0332 e. The molecule has 0 saturated carbocycles. The van der Waals surface area contributed by atoms with Crippen LogP contribution in [-0.4, -0.2) is 6.54 Å². The van der Waals surface area contributed by atoms with Gasteiger partial charge in [0.25, 0.3) is 0 Å². The second-order valence-electron chi connectivity index (χ2n) is 4.28. The summed E-state index contributed by atoms with van der Waals surface area (Å²) >= 11 is 0. The van der Waals surface area contributed by atoms with E-state index in [4.69, 9.17) is 0 Å². The number of rotatable bonds is 2. The molecule has 80 valence electrons. The van der Waals surface area contributed by atoms with E-state index >= 15 is 0 Å². The molecule has 16 heavy (non-hydrogen) atoms. The van der Waals surface area contributed by atoms with E-state index < -0.39 is 0 Å². The van der Waals surface area contributed by atoms with Crippen molar-refractivity contribution in [3.05, 3.63) is 60.2 Å². The van der Waals surface area contributed by atoms with Gasteiger partial charge in [-0.3, -0.25) is 0 Å². The Morgan fingerprint density at radius 3 is 2.00 bits per heavy atom. The Balaban J connectivity index is 1.87. The van der Waals surface area contributed by atoms with E-state index in [1.807, 2.05) is 0 Å². The predicted molar refractivity (Wildman–Crippen MR) is 67.2 cm³/mol. The molecular weight excluding hydrogens is 194 g/mol. The average molecular weight is 209 g/mol. The van der Waals surface area contributed by atoms with E-state index in [9.17, 15) is 0 Å². The van der Waals surface area contributed by atoms with Crippen molar-refractivity contribution in [2.24, 2.45) is 0 Å². The van der Waals surface area contributed by atoms with Crippen molar-refractivity contribution in [1.82, 2.24) is 5.32 Å². The van der Waals surface area contributed by atoms with Gasteiger partial charge in [-0.05, 0) is 29.7 Å². The maximum Gasteiger partial charge on any atom is 0.0332 e. The first-order chi connectivity index (χ1) is 7.93. The number of benzene rings is 2. The highest BCUT2D eigenvalue weighted by atomic mass is 15.0. The van der Waals surface area contributed by atoms with Gasteiger partial charge in [0.15, 0.2) is 0 Å². The summed E-state index contributed by atoms with van der Waals surface area (Å²) in [5.74, 6) is 0. The molecule has 1 atom stereocenters. The molecule has 1 unspecified atom stereocenters. The van der Waals surface area contributed by atoms with Crippen LogP contribution in [0.3, 0.4) is 0 Å². The standard InChI is InChI=1S/C15H15N/c1-2-4-12(5-3-1)13-6-8-14(9-7-13)15-10-11-16-15/h1-9,15-16H,10-11H2. The minimum absolute atomic E-state index is 0.588. The van der Waals surface area contributed by atoms with Crippen LogP contribution in [-0.2, 0) is 0 Å². The molecule has 1 nitrogen and oxygen atoms in total. The Morgan fingerprint density at radius 2 is 1.44 bits per heavy atom. The summed E-state index contributed by atoms with van der Waals surface area (Å²) in [7, 11) is 0. The second kappa shape index (κ2) is 4.11. The van der Waals surface area contributed by atoms with E-state index in [1.165, 1.54) is 23.1 Å². The fourth-order valence-corrected chi connectivity index (χ4v) is 2.11. The molecule has 1 aliphatic rings. The van der Waals surface area contributed by atoms with Gasteiger partial charge in [0.05, 0.1) is 0 Å². The molecule has 3 rings (SSSR count). The van der Waals surface area contributed by atoms with Gasteiger partial charge in [-0.25, -0.2) is 0 Å². The highest BCUT2D eigenvalue weighted by Crippen LogP contribution is 2.25. The first-order valence-electron chi connectivity index (χ1n) is 5.82. The third-order valence-corrected chi connectivity index (χ3v) is 3.24. The van der Waals surface area contributed by atoms with Crippen molar-refractivity contribution in [2.75, 3.05) is 6.54 Å². The lowest BCUT2D eigenvalue weighted by molar-refractivity contribution is 0.383. The topological polar surface area (TPSA) is 12.0 Å².